The molecule has 28 heavy (non-hydrogen) atoms. The third-order valence-corrected chi connectivity index (χ3v) is 6.48. The Morgan fingerprint density at radius 2 is 1.79 bits per heavy atom. The normalized spacial score (nSPS) is 27.6. The van der Waals surface area contributed by atoms with Crippen molar-refractivity contribution in [2.45, 2.75) is 43.3 Å². The number of hydrogen-bond acceptors (Lipinski definition) is 4. The Labute approximate surface area is 165 Å². The van der Waals surface area contributed by atoms with Gasteiger partial charge < -0.3 is 9.88 Å². The molecule has 1 aromatic carbocycles. The van der Waals surface area contributed by atoms with E-state index >= 15 is 0 Å². The molecule has 2 fully saturated rings. The van der Waals surface area contributed by atoms with E-state index in [-0.39, 0.29) is 17.5 Å². The lowest BCUT2D eigenvalue weighted by atomic mass is 9.68. The lowest BCUT2D eigenvalue weighted by Gasteiger charge is -2.48. The number of carbonyl (C=O) groups is 2. The van der Waals surface area contributed by atoms with E-state index in [1.54, 1.807) is 12.5 Å². The van der Waals surface area contributed by atoms with Crippen LogP contribution >= 0.6 is 0 Å². The van der Waals surface area contributed by atoms with Crippen LogP contribution in [0.4, 0.5) is 4.79 Å². The number of nitrogens with one attached hydrogen (secondary N) is 1. The monoisotopic (exact) mass is 381 g/mol. The summed E-state index contributed by atoms with van der Waals surface area (Å²) in [6.45, 7) is 0.918. The van der Waals surface area contributed by atoms with Crippen LogP contribution in [0.2, 0.25) is 0 Å². The van der Waals surface area contributed by atoms with Crippen molar-refractivity contribution in [3.63, 3.8) is 0 Å². The van der Waals surface area contributed by atoms with Gasteiger partial charge in [0.25, 0.3) is 5.91 Å². The summed E-state index contributed by atoms with van der Waals surface area (Å²) in [4.78, 5) is 33.3. The maximum atomic E-state index is 13.2. The summed E-state index contributed by atoms with van der Waals surface area (Å²) < 4.78 is 1.87. The summed E-state index contributed by atoms with van der Waals surface area (Å²) in [5.41, 5.74) is 0.394. The second-order valence-electron chi connectivity index (χ2n) is 8.06. The van der Waals surface area contributed by atoms with E-state index in [4.69, 9.17) is 0 Å². The van der Waals surface area contributed by atoms with Crippen LogP contribution in [0.3, 0.4) is 0 Å². The van der Waals surface area contributed by atoms with Crippen LogP contribution < -0.4 is 5.32 Å². The second kappa shape index (κ2) is 7.05. The Hall–Kier alpha value is -2.67. The summed E-state index contributed by atoms with van der Waals surface area (Å²) >= 11 is 0. The topological polar surface area (TPSA) is 70.5 Å². The number of benzene rings is 1. The minimum Gasteiger partial charge on any atom is -0.336 e. The molecule has 2 heterocycles. The molecule has 7 heteroatoms. The van der Waals surface area contributed by atoms with E-state index < -0.39 is 5.54 Å². The van der Waals surface area contributed by atoms with Crippen molar-refractivity contribution in [1.82, 2.24) is 24.7 Å². The van der Waals surface area contributed by atoms with Crippen molar-refractivity contribution in [3.05, 3.63) is 54.6 Å². The van der Waals surface area contributed by atoms with E-state index in [0.717, 1.165) is 12.8 Å². The highest BCUT2D eigenvalue weighted by atomic mass is 16.2. The summed E-state index contributed by atoms with van der Waals surface area (Å²) in [6, 6.07) is 10.2. The van der Waals surface area contributed by atoms with E-state index in [0.29, 0.717) is 25.9 Å². The average Bonchev–Trinajstić information content (AvgIpc) is 3.29. The second-order valence-corrected chi connectivity index (χ2v) is 8.06. The van der Waals surface area contributed by atoms with Crippen molar-refractivity contribution in [2.75, 3.05) is 20.6 Å². The number of imidazole rings is 1. The van der Waals surface area contributed by atoms with Gasteiger partial charge in [0.15, 0.2) is 0 Å². The summed E-state index contributed by atoms with van der Waals surface area (Å²) in [5.74, 6) is -0.0852. The lowest BCUT2D eigenvalue weighted by molar-refractivity contribution is -0.133. The van der Waals surface area contributed by atoms with Crippen molar-refractivity contribution in [3.8, 4) is 0 Å². The Balaban J connectivity index is 1.50. The van der Waals surface area contributed by atoms with Crippen LogP contribution in [0.1, 0.15) is 31.2 Å². The predicted octanol–water partition coefficient (Wildman–Crippen LogP) is 2.20. The quantitative estimate of drug-likeness (QED) is 0.806. The van der Waals surface area contributed by atoms with E-state index in [1.807, 2.05) is 16.8 Å². The predicted molar refractivity (Wildman–Crippen MR) is 105 cm³/mol. The fourth-order valence-corrected chi connectivity index (χ4v) is 4.69. The summed E-state index contributed by atoms with van der Waals surface area (Å²) in [5, 5.41) is 3.02. The number of urea groups is 1. The van der Waals surface area contributed by atoms with Gasteiger partial charge >= 0.3 is 6.03 Å². The number of rotatable bonds is 5. The van der Waals surface area contributed by atoms with Gasteiger partial charge in [-0.05, 0) is 45.3 Å². The Morgan fingerprint density at radius 3 is 2.39 bits per heavy atom. The van der Waals surface area contributed by atoms with Crippen LogP contribution in [-0.4, -0.2) is 57.5 Å². The highest BCUT2D eigenvalue weighted by Gasteiger charge is 2.55. The first-order valence-electron chi connectivity index (χ1n) is 9.80. The van der Waals surface area contributed by atoms with Gasteiger partial charge in [-0.15, -0.1) is 0 Å². The van der Waals surface area contributed by atoms with Crippen LogP contribution in [0.5, 0.6) is 0 Å². The molecule has 0 atom stereocenters. The average molecular weight is 381 g/mol. The van der Waals surface area contributed by atoms with Gasteiger partial charge in [-0.2, -0.15) is 0 Å². The number of carbonyl (C=O) groups excluding carboxylic acids is 2. The first-order chi connectivity index (χ1) is 13.5. The van der Waals surface area contributed by atoms with Crippen molar-refractivity contribution >= 4 is 11.9 Å². The fourth-order valence-electron chi connectivity index (χ4n) is 4.69. The van der Waals surface area contributed by atoms with Crippen molar-refractivity contribution in [1.29, 1.82) is 0 Å². The number of hydrogen-bond donors (Lipinski definition) is 1. The van der Waals surface area contributed by atoms with Gasteiger partial charge in [0.05, 0.1) is 6.33 Å². The molecule has 1 aliphatic heterocycles. The standard InChI is InChI=1S/C21H27N5O2/c1-24(2)21(17-6-4-3-5-7-17)10-8-20(9-11-21)18(27)26(19(28)23-20)15-14-25-13-12-22-16-25/h3-7,12-13,16H,8-11,14-15H2,1-2H3,(H,23,28). The molecule has 1 N–H and O–H groups in total. The van der Waals surface area contributed by atoms with Gasteiger partial charge in [0.2, 0.25) is 0 Å². The van der Waals surface area contributed by atoms with Gasteiger partial charge in [-0.25, -0.2) is 9.78 Å². The molecule has 7 nitrogen and oxygen atoms in total. The van der Waals surface area contributed by atoms with Crippen LogP contribution in [0, 0.1) is 0 Å². The van der Waals surface area contributed by atoms with Gasteiger partial charge in [0, 0.05) is 31.0 Å². The smallest absolute Gasteiger partial charge is 0.325 e. The maximum Gasteiger partial charge on any atom is 0.325 e. The highest BCUT2D eigenvalue weighted by Crippen LogP contribution is 2.46. The van der Waals surface area contributed by atoms with Crippen LogP contribution in [0.15, 0.2) is 49.1 Å². The summed E-state index contributed by atoms with van der Waals surface area (Å²) in [7, 11) is 4.19. The van der Waals surface area contributed by atoms with Gasteiger partial charge in [0.1, 0.15) is 5.54 Å². The first-order valence-corrected chi connectivity index (χ1v) is 9.80. The van der Waals surface area contributed by atoms with Gasteiger partial charge in [-0.1, -0.05) is 30.3 Å². The third kappa shape index (κ3) is 2.99. The molecule has 4 rings (SSSR count). The zero-order valence-electron chi connectivity index (χ0n) is 16.5. The highest BCUT2D eigenvalue weighted by molar-refractivity contribution is 6.07. The molecule has 148 valence electrons. The first kappa shape index (κ1) is 18.7. The Bertz CT molecular complexity index is 839. The lowest BCUT2D eigenvalue weighted by Crippen LogP contribution is -2.55. The minimum absolute atomic E-state index is 0.0852. The molecule has 1 spiro atoms. The largest absolute Gasteiger partial charge is 0.336 e. The third-order valence-electron chi connectivity index (χ3n) is 6.48. The van der Waals surface area contributed by atoms with E-state index in [1.165, 1.54) is 10.5 Å². The van der Waals surface area contributed by atoms with E-state index in [2.05, 4.69) is 53.6 Å². The van der Waals surface area contributed by atoms with Crippen molar-refractivity contribution in [2.24, 2.45) is 0 Å². The summed E-state index contributed by atoms with van der Waals surface area (Å²) in [6.07, 6.45) is 8.16. The zero-order chi connectivity index (χ0) is 19.8. The van der Waals surface area contributed by atoms with Gasteiger partial charge in [-0.3, -0.25) is 14.6 Å². The Morgan fingerprint density at radius 1 is 1.07 bits per heavy atom. The zero-order valence-corrected chi connectivity index (χ0v) is 16.5. The number of nitrogens with zero attached hydrogens (tertiary/aromatic N) is 4. The van der Waals surface area contributed by atoms with Crippen LogP contribution in [-0.2, 0) is 16.9 Å². The molecule has 2 aromatic rings. The van der Waals surface area contributed by atoms with E-state index in [9.17, 15) is 9.59 Å². The fraction of sp³-hybridized carbons (Fsp3) is 0.476. The number of aromatic nitrogens is 2. The molecule has 2 aliphatic rings. The Kier molecular flexibility index (Phi) is 4.71. The molecule has 0 bridgehead atoms. The maximum absolute atomic E-state index is 13.2. The molecule has 0 radical (unpaired) electrons. The minimum atomic E-state index is -0.764. The molecule has 1 aliphatic carbocycles. The molecular weight excluding hydrogens is 354 g/mol. The molecule has 1 saturated carbocycles. The molecule has 1 aromatic heterocycles. The van der Waals surface area contributed by atoms with Crippen LogP contribution in [0.25, 0.3) is 0 Å². The molecule has 0 unspecified atom stereocenters. The number of imide groups is 1. The van der Waals surface area contributed by atoms with Crippen molar-refractivity contribution < 1.29 is 9.59 Å². The molecule has 3 amide bonds. The molecular formula is C21H27N5O2. The SMILES string of the molecule is CN(C)C1(c2ccccc2)CCC2(CC1)NC(=O)N(CCn1ccnc1)C2=O. The molecule has 1 saturated heterocycles. The number of amides is 3.